The molecule has 6 nitrogen and oxygen atoms in total. The third kappa shape index (κ3) is 3.83. The molecule has 0 aliphatic carbocycles. The van der Waals surface area contributed by atoms with E-state index in [1.165, 1.54) is 0 Å². The fraction of sp³-hybridized carbons (Fsp3) is 0.333. The minimum atomic E-state index is -0.239. The van der Waals surface area contributed by atoms with Crippen LogP contribution < -0.4 is 10.5 Å². The van der Waals surface area contributed by atoms with E-state index in [2.05, 4.69) is 4.98 Å². The highest BCUT2D eigenvalue weighted by atomic mass is 16.5. The van der Waals surface area contributed by atoms with Gasteiger partial charge < -0.3 is 20.1 Å². The molecule has 0 saturated carbocycles. The van der Waals surface area contributed by atoms with Crippen LogP contribution in [0.4, 0.5) is 5.82 Å². The van der Waals surface area contributed by atoms with Crippen molar-refractivity contribution in [3.8, 4) is 5.75 Å². The number of hydrogen-bond acceptors (Lipinski definition) is 5. The minimum absolute atomic E-state index is 0.0699. The van der Waals surface area contributed by atoms with E-state index < -0.39 is 0 Å². The first-order valence-electron chi connectivity index (χ1n) is 7.90. The van der Waals surface area contributed by atoms with Crippen molar-refractivity contribution in [1.82, 2.24) is 9.88 Å². The number of carbonyl (C=O) groups excluding carboxylic acids is 1. The van der Waals surface area contributed by atoms with Crippen molar-refractivity contribution in [3.63, 3.8) is 0 Å². The van der Waals surface area contributed by atoms with E-state index in [-0.39, 0.29) is 12.0 Å². The van der Waals surface area contributed by atoms with Gasteiger partial charge in [-0.1, -0.05) is 18.2 Å². The molecule has 1 aromatic carbocycles. The summed E-state index contributed by atoms with van der Waals surface area (Å²) in [5.74, 6) is 1.28. The molecule has 1 saturated heterocycles. The summed E-state index contributed by atoms with van der Waals surface area (Å²) >= 11 is 0. The number of morpholine rings is 1. The summed E-state index contributed by atoms with van der Waals surface area (Å²) in [4.78, 5) is 18.7. The topological polar surface area (TPSA) is 77.7 Å². The normalized spacial score (nSPS) is 17.5. The molecule has 0 spiro atoms. The second-order valence-electron chi connectivity index (χ2n) is 5.71. The molecule has 0 bridgehead atoms. The predicted octanol–water partition coefficient (Wildman–Crippen LogP) is 1.81. The minimum Gasteiger partial charge on any atom is -0.497 e. The van der Waals surface area contributed by atoms with Crippen LogP contribution in [-0.4, -0.2) is 42.6 Å². The zero-order valence-corrected chi connectivity index (χ0v) is 13.6. The van der Waals surface area contributed by atoms with Crippen LogP contribution in [0.15, 0.2) is 42.5 Å². The molecule has 126 valence electrons. The Bertz CT molecular complexity index is 720. The van der Waals surface area contributed by atoms with Gasteiger partial charge in [0.05, 0.1) is 32.4 Å². The van der Waals surface area contributed by atoms with Gasteiger partial charge in [-0.25, -0.2) is 4.98 Å². The van der Waals surface area contributed by atoms with Crippen molar-refractivity contribution in [2.45, 2.75) is 12.5 Å². The number of ether oxygens (including phenoxy) is 2. The van der Waals surface area contributed by atoms with Crippen LogP contribution in [0.1, 0.15) is 17.4 Å². The molecule has 1 aliphatic rings. The molecule has 0 radical (unpaired) electrons. The van der Waals surface area contributed by atoms with Crippen LogP contribution in [0.5, 0.6) is 5.75 Å². The van der Waals surface area contributed by atoms with Crippen molar-refractivity contribution >= 4 is 11.7 Å². The monoisotopic (exact) mass is 327 g/mol. The van der Waals surface area contributed by atoms with Crippen molar-refractivity contribution in [1.29, 1.82) is 0 Å². The lowest BCUT2D eigenvalue weighted by atomic mass is 10.1. The molecular weight excluding hydrogens is 306 g/mol. The first kappa shape index (κ1) is 16.3. The summed E-state index contributed by atoms with van der Waals surface area (Å²) in [7, 11) is 1.62. The van der Waals surface area contributed by atoms with Gasteiger partial charge in [0.1, 0.15) is 17.7 Å². The van der Waals surface area contributed by atoms with E-state index in [1.807, 2.05) is 41.3 Å². The fourth-order valence-corrected chi connectivity index (χ4v) is 2.77. The number of carbonyl (C=O) groups is 1. The van der Waals surface area contributed by atoms with Gasteiger partial charge in [0, 0.05) is 6.54 Å². The molecule has 1 aromatic heterocycles. The van der Waals surface area contributed by atoms with Crippen molar-refractivity contribution in [3.05, 3.63) is 53.7 Å². The number of amides is 1. The van der Waals surface area contributed by atoms with E-state index in [4.69, 9.17) is 15.2 Å². The Morgan fingerprint density at radius 2 is 2.21 bits per heavy atom. The molecule has 24 heavy (non-hydrogen) atoms. The number of aromatic nitrogens is 1. The molecule has 3 rings (SSSR count). The van der Waals surface area contributed by atoms with Gasteiger partial charge in [0.15, 0.2) is 0 Å². The van der Waals surface area contributed by atoms with Crippen LogP contribution in [0.25, 0.3) is 0 Å². The molecule has 1 atom stereocenters. The maximum atomic E-state index is 12.6. The maximum absolute atomic E-state index is 12.6. The first-order chi connectivity index (χ1) is 11.7. The van der Waals surface area contributed by atoms with Gasteiger partial charge >= 0.3 is 0 Å². The second kappa shape index (κ2) is 7.31. The zero-order valence-electron chi connectivity index (χ0n) is 13.6. The summed E-state index contributed by atoms with van der Waals surface area (Å²) in [5.41, 5.74) is 7.42. The highest BCUT2D eigenvalue weighted by Gasteiger charge is 2.26. The number of benzene rings is 1. The SMILES string of the molecule is COc1cccc(CC(=O)N2CCO[C@H](c3cccc(N)n3)C2)c1. The number of anilines is 1. The van der Waals surface area contributed by atoms with E-state index in [0.29, 0.717) is 31.9 Å². The highest BCUT2D eigenvalue weighted by Crippen LogP contribution is 2.22. The van der Waals surface area contributed by atoms with Crippen LogP contribution in [0, 0.1) is 0 Å². The Morgan fingerprint density at radius 1 is 1.38 bits per heavy atom. The van der Waals surface area contributed by atoms with Crippen LogP contribution in [0.2, 0.25) is 0 Å². The molecule has 2 N–H and O–H groups in total. The number of methoxy groups -OCH3 is 1. The van der Waals surface area contributed by atoms with Gasteiger partial charge in [-0.2, -0.15) is 0 Å². The molecule has 0 unspecified atom stereocenters. The summed E-state index contributed by atoms with van der Waals surface area (Å²) in [5, 5.41) is 0. The molecule has 2 heterocycles. The van der Waals surface area contributed by atoms with Crippen molar-refractivity contribution < 1.29 is 14.3 Å². The van der Waals surface area contributed by atoms with Crippen LogP contribution in [-0.2, 0) is 16.0 Å². The smallest absolute Gasteiger partial charge is 0.227 e. The standard InChI is InChI=1S/C18H21N3O3/c1-23-14-5-2-4-13(10-14)11-18(22)21-8-9-24-16(12-21)15-6-3-7-17(19)20-15/h2-7,10,16H,8-9,11-12H2,1H3,(H2,19,20)/t16-/m0/s1. The summed E-state index contributed by atoms with van der Waals surface area (Å²) in [6, 6.07) is 13.0. The average molecular weight is 327 g/mol. The van der Waals surface area contributed by atoms with E-state index in [1.54, 1.807) is 13.2 Å². The van der Waals surface area contributed by atoms with Crippen LogP contribution in [0.3, 0.4) is 0 Å². The molecule has 1 amide bonds. The lowest BCUT2D eigenvalue weighted by molar-refractivity contribution is -0.138. The Morgan fingerprint density at radius 3 is 3.00 bits per heavy atom. The molecule has 2 aromatic rings. The third-order valence-corrected chi connectivity index (χ3v) is 4.03. The summed E-state index contributed by atoms with van der Waals surface area (Å²) in [6.45, 7) is 1.56. The second-order valence-corrected chi connectivity index (χ2v) is 5.71. The van der Waals surface area contributed by atoms with Gasteiger partial charge in [-0.15, -0.1) is 0 Å². The number of nitrogens with zero attached hydrogens (tertiary/aromatic N) is 2. The number of hydrogen-bond donors (Lipinski definition) is 1. The van der Waals surface area contributed by atoms with E-state index >= 15 is 0 Å². The number of nitrogens with two attached hydrogens (primary N) is 1. The lowest BCUT2D eigenvalue weighted by Crippen LogP contribution is -2.43. The fourth-order valence-electron chi connectivity index (χ4n) is 2.77. The molecule has 1 aliphatic heterocycles. The number of nitrogen functional groups attached to an aromatic ring is 1. The van der Waals surface area contributed by atoms with E-state index in [0.717, 1.165) is 17.0 Å². The van der Waals surface area contributed by atoms with Crippen molar-refractivity contribution in [2.75, 3.05) is 32.5 Å². The Kier molecular flexibility index (Phi) is 4.96. The third-order valence-electron chi connectivity index (χ3n) is 4.03. The molecular formula is C18H21N3O3. The molecule has 1 fully saturated rings. The van der Waals surface area contributed by atoms with Gasteiger partial charge in [0.2, 0.25) is 5.91 Å². The summed E-state index contributed by atoms with van der Waals surface area (Å²) < 4.78 is 11.0. The summed E-state index contributed by atoms with van der Waals surface area (Å²) in [6.07, 6.45) is 0.102. The van der Waals surface area contributed by atoms with Gasteiger partial charge in [-0.3, -0.25) is 4.79 Å². The van der Waals surface area contributed by atoms with E-state index in [9.17, 15) is 4.79 Å². The Balaban J connectivity index is 1.66. The number of pyridine rings is 1. The van der Waals surface area contributed by atoms with Gasteiger partial charge in [0.25, 0.3) is 0 Å². The molecule has 6 heteroatoms. The largest absolute Gasteiger partial charge is 0.497 e. The van der Waals surface area contributed by atoms with Crippen molar-refractivity contribution in [2.24, 2.45) is 0 Å². The predicted molar refractivity (Wildman–Crippen MR) is 90.6 cm³/mol. The number of rotatable bonds is 4. The highest BCUT2D eigenvalue weighted by molar-refractivity contribution is 5.79. The lowest BCUT2D eigenvalue weighted by Gasteiger charge is -2.32. The Hall–Kier alpha value is -2.60. The average Bonchev–Trinajstić information content (AvgIpc) is 2.62. The van der Waals surface area contributed by atoms with Crippen LogP contribution >= 0.6 is 0 Å². The van der Waals surface area contributed by atoms with Gasteiger partial charge in [-0.05, 0) is 29.8 Å². The zero-order chi connectivity index (χ0) is 16.9. The first-order valence-corrected chi connectivity index (χ1v) is 7.90. The maximum Gasteiger partial charge on any atom is 0.227 e. The quantitative estimate of drug-likeness (QED) is 0.927. The Labute approximate surface area is 141 Å².